The summed E-state index contributed by atoms with van der Waals surface area (Å²) in [5, 5.41) is 9.30. The molecule has 1 N–H and O–H groups in total. The van der Waals surface area contributed by atoms with Crippen LogP contribution >= 0.6 is 15.9 Å². The molecule has 2 nitrogen and oxygen atoms in total. The Morgan fingerprint density at radius 2 is 1.61 bits per heavy atom. The minimum Gasteiger partial charge on any atom is -0.478 e. The van der Waals surface area contributed by atoms with E-state index in [4.69, 9.17) is 0 Å². The second-order valence-electron chi connectivity index (χ2n) is 3.75. The molecule has 0 amide bonds. The first-order valence-corrected chi connectivity index (χ1v) is 6.23. The average Bonchev–Trinajstić information content (AvgIpc) is 2.38. The van der Waals surface area contributed by atoms with Crippen LogP contribution < -0.4 is 0 Å². The van der Waals surface area contributed by atoms with Gasteiger partial charge in [0.15, 0.2) is 0 Å². The number of rotatable bonds is 3. The fourth-order valence-corrected chi connectivity index (χ4v) is 2.03. The van der Waals surface area contributed by atoms with Crippen molar-refractivity contribution in [3.63, 3.8) is 0 Å². The third kappa shape index (κ3) is 2.87. The molecule has 0 aromatic heterocycles. The second-order valence-corrected chi connectivity index (χ2v) is 4.61. The van der Waals surface area contributed by atoms with E-state index in [2.05, 4.69) is 15.9 Å². The fraction of sp³-hybridized carbons (Fsp3) is 0. The molecule has 0 aliphatic heterocycles. The van der Waals surface area contributed by atoms with Crippen LogP contribution in [0.3, 0.4) is 0 Å². The zero-order valence-electron chi connectivity index (χ0n) is 9.51. The minimum absolute atomic E-state index is 0.280. The Bertz CT molecular complexity index is 588. The van der Waals surface area contributed by atoms with Crippen LogP contribution in [0.15, 0.2) is 59.1 Å². The van der Waals surface area contributed by atoms with Crippen LogP contribution in [-0.2, 0) is 4.79 Å². The van der Waals surface area contributed by atoms with Gasteiger partial charge in [-0.15, -0.1) is 0 Å². The molecule has 0 bridgehead atoms. The van der Waals surface area contributed by atoms with Gasteiger partial charge in [0.1, 0.15) is 0 Å². The monoisotopic (exact) mass is 302 g/mol. The van der Waals surface area contributed by atoms with Crippen LogP contribution in [0, 0.1) is 0 Å². The van der Waals surface area contributed by atoms with Crippen LogP contribution in [0.2, 0.25) is 0 Å². The van der Waals surface area contributed by atoms with E-state index in [0.717, 1.165) is 10.0 Å². The maximum Gasteiger partial charge on any atom is 0.336 e. The van der Waals surface area contributed by atoms with Crippen molar-refractivity contribution in [1.29, 1.82) is 0 Å². The molecular weight excluding hydrogens is 292 g/mol. The van der Waals surface area contributed by atoms with Crippen molar-refractivity contribution in [2.24, 2.45) is 0 Å². The highest BCUT2D eigenvalue weighted by Crippen LogP contribution is 2.23. The van der Waals surface area contributed by atoms with Crippen LogP contribution in [0.5, 0.6) is 0 Å². The lowest BCUT2D eigenvalue weighted by Gasteiger charge is -2.04. The van der Waals surface area contributed by atoms with Crippen molar-refractivity contribution in [3.05, 3.63) is 70.2 Å². The summed E-state index contributed by atoms with van der Waals surface area (Å²) in [6, 6.07) is 16.6. The van der Waals surface area contributed by atoms with E-state index in [1.165, 1.54) is 0 Å². The number of benzene rings is 2. The van der Waals surface area contributed by atoms with Crippen LogP contribution in [0.1, 0.15) is 11.1 Å². The van der Waals surface area contributed by atoms with Crippen molar-refractivity contribution in [1.82, 2.24) is 0 Å². The SMILES string of the molecule is O=C(O)/C(=C\c1ccccc1Br)c1ccccc1. The lowest BCUT2D eigenvalue weighted by Crippen LogP contribution is -1.99. The van der Waals surface area contributed by atoms with E-state index >= 15 is 0 Å². The third-order valence-electron chi connectivity index (χ3n) is 2.52. The Morgan fingerprint density at radius 3 is 2.22 bits per heavy atom. The molecule has 0 aliphatic carbocycles. The zero-order chi connectivity index (χ0) is 13.0. The molecule has 90 valence electrons. The summed E-state index contributed by atoms with van der Waals surface area (Å²) in [5.41, 5.74) is 1.82. The second kappa shape index (κ2) is 5.65. The summed E-state index contributed by atoms with van der Waals surface area (Å²) in [5.74, 6) is -0.933. The largest absolute Gasteiger partial charge is 0.478 e. The van der Waals surface area contributed by atoms with E-state index in [0.29, 0.717) is 5.56 Å². The number of carboxylic acid groups (broad SMARTS) is 1. The van der Waals surface area contributed by atoms with Gasteiger partial charge in [-0.1, -0.05) is 64.5 Å². The van der Waals surface area contributed by atoms with E-state index in [9.17, 15) is 9.90 Å². The van der Waals surface area contributed by atoms with Crippen molar-refractivity contribution in [2.75, 3.05) is 0 Å². The van der Waals surface area contributed by atoms with Crippen LogP contribution in [0.25, 0.3) is 11.6 Å². The van der Waals surface area contributed by atoms with Gasteiger partial charge in [-0.3, -0.25) is 0 Å². The quantitative estimate of drug-likeness (QED) is 0.685. The smallest absolute Gasteiger partial charge is 0.336 e. The Morgan fingerprint density at radius 1 is 1.00 bits per heavy atom. The van der Waals surface area contributed by atoms with E-state index in [-0.39, 0.29) is 5.57 Å². The Kier molecular flexibility index (Phi) is 3.95. The third-order valence-corrected chi connectivity index (χ3v) is 3.24. The number of aliphatic carboxylic acids is 1. The predicted octanol–water partition coefficient (Wildman–Crippen LogP) is 4.07. The van der Waals surface area contributed by atoms with Gasteiger partial charge >= 0.3 is 5.97 Å². The molecule has 2 aromatic rings. The summed E-state index contributed by atoms with van der Waals surface area (Å²) in [4.78, 5) is 11.3. The van der Waals surface area contributed by atoms with Crippen molar-refractivity contribution in [3.8, 4) is 0 Å². The van der Waals surface area contributed by atoms with Gasteiger partial charge in [0.05, 0.1) is 5.57 Å². The fourth-order valence-electron chi connectivity index (χ4n) is 1.63. The number of hydrogen-bond donors (Lipinski definition) is 1. The van der Waals surface area contributed by atoms with E-state index in [1.54, 1.807) is 18.2 Å². The highest BCUT2D eigenvalue weighted by Gasteiger charge is 2.10. The molecular formula is C15H11BrO2. The molecule has 0 spiro atoms. The molecule has 0 atom stereocenters. The summed E-state index contributed by atoms with van der Waals surface area (Å²) in [7, 11) is 0. The molecule has 0 unspecified atom stereocenters. The topological polar surface area (TPSA) is 37.3 Å². The van der Waals surface area contributed by atoms with Gasteiger partial charge in [0.25, 0.3) is 0 Å². The Labute approximate surface area is 114 Å². The molecule has 0 saturated carbocycles. The normalized spacial score (nSPS) is 11.3. The van der Waals surface area contributed by atoms with E-state index < -0.39 is 5.97 Å². The van der Waals surface area contributed by atoms with Gasteiger partial charge in [-0.05, 0) is 23.3 Å². The average molecular weight is 303 g/mol. The molecule has 18 heavy (non-hydrogen) atoms. The van der Waals surface area contributed by atoms with Gasteiger partial charge in [0.2, 0.25) is 0 Å². The van der Waals surface area contributed by atoms with Crippen molar-refractivity contribution >= 4 is 33.5 Å². The molecule has 0 saturated heterocycles. The van der Waals surface area contributed by atoms with Gasteiger partial charge in [0, 0.05) is 4.47 Å². The van der Waals surface area contributed by atoms with Gasteiger partial charge < -0.3 is 5.11 Å². The maximum atomic E-state index is 11.3. The molecule has 0 radical (unpaired) electrons. The standard InChI is InChI=1S/C15H11BrO2/c16-14-9-5-4-8-12(14)10-13(15(17)18)11-6-2-1-3-7-11/h1-10H,(H,17,18)/b13-10-. The first-order chi connectivity index (χ1) is 8.68. The first-order valence-electron chi connectivity index (χ1n) is 5.43. The van der Waals surface area contributed by atoms with Crippen LogP contribution in [0.4, 0.5) is 0 Å². The lowest BCUT2D eigenvalue weighted by atomic mass is 10.0. The Hall–Kier alpha value is -1.87. The van der Waals surface area contributed by atoms with Gasteiger partial charge in [-0.2, -0.15) is 0 Å². The summed E-state index contributed by atoms with van der Waals surface area (Å²) < 4.78 is 0.875. The van der Waals surface area contributed by atoms with Crippen molar-refractivity contribution in [2.45, 2.75) is 0 Å². The number of hydrogen-bond acceptors (Lipinski definition) is 1. The first kappa shape index (κ1) is 12.6. The van der Waals surface area contributed by atoms with Crippen LogP contribution in [-0.4, -0.2) is 11.1 Å². The highest BCUT2D eigenvalue weighted by molar-refractivity contribution is 9.10. The Balaban J connectivity index is 2.50. The summed E-state index contributed by atoms with van der Waals surface area (Å²) >= 11 is 3.41. The molecule has 0 heterocycles. The molecule has 2 rings (SSSR count). The summed E-state index contributed by atoms with van der Waals surface area (Å²) in [6.45, 7) is 0. The molecule has 0 fully saturated rings. The molecule has 2 aromatic carbocycles. The highest BCUT2D eigenvalue weighted by atomic mass is 79.9. The lowest BCUT2D eigenvalue weighted by molar-refractivity contribution is -0.130. The zero-order valence-corrected chi connectivity index (χ0v) is 11.1. The van der Waals surface area contributed by atoms with Gasteiger partial charge in [-0.25, -0.2) is 4.79 Å². The number of carboxylic acids is 1. The minimum atomic E-state index is -0.933. The summed E-state index contributed by atoms with van der Waals surface area (Å²) in [6.07, 6.45) is 1.67. The maximum absolute atomic E-state index is 11.3. The number of halogens is 1. The molecule has 0 aliphatic rings. The van der Waals surface area contributed by atoms with Crippen molar-refractivity contribution < 1.29 is 9.90 Å². The number of carbonyl (C=O) groups is 1. The predicted molar refractivity (Wildman–Crippen MR) is 76.1 cm³/mol. The van der Waals surface area contributed by atoms with E-state index in [1.807, 2.05) is 42.5 Å². The molecule has 3 heteroatoms.